The molecule has 2 heterocycles. The molecule has 2 atom stereocenters. The van der Waals surface area contributed by atoms with E-state index in [4.69, 9.17) is 5.11 Å². The van der Waals surface area contributed by atoms with Gasteiger partial charge >= 0.3 is 0 Å². The number of aromatic amines is 1. The predicted molar refractivity (Wildman–Crippen MR) is 122 cm³/mol. The molecule has 0 fully saturated rings. The van der Waals surface area contributed by atoms with Crippen molar-refractivity contribution in [2.75, 3.05) is 18.5 Å². The maximum atomic E-state index is 12.4. The highest BCUT2D eigenvalue weighted by molar-refractivity contribution is 5.97. The topological polar surface area (TPSA) is 90.0 Å². The van der Waals surface area contributed by atoms with Crippen LogP contribution >= 0.6 is 0 Å². The van der Waals surface area contributed by atoms with Crippen LogP contribution in [0.5, 0.6) is 0 Å². The van der Waals surface area contributed by atoms with E-state index >= 15 is 0 Å². The molecule has 0 amide bonds. The van der Waals surface area contributed by atoms with Gasteiger partial charge in [-0.15, -0.1) is 0 Å². The van der Waals surface area contributed by atoms with E-state index in [9.17, 15) is 4.79 Å². The Balaban J connectivity index is 1.65. The lowest BCUT2D eigenvalue weighted by Crippen LogP contribution is -2.28. The summed E-state index contributed by atoms with van der Waals surface area (Å²) >= 11 is 0. The summed E-state index contributed by atoms with van der Waals surface area (Å²) in [7, 11) is 0. The number of anilines is 1. The van der Waals surface area contributed by atoms with Crippen LogP contribution in [-0.4, -0.2) is 28.5 Å². The highest BCUT2D eigenvalue weighted by Crippen LogP contribution is 2.46. The number of hydrogen-bond donors (Lipinski definition) is 4. The fourth-order valence-electron chi connectivity index (χ4n) is 4.49. The van der Waals surface area contributed by atoms with Gasteiger partial charge in [0.2, 0.25) is 0 Å². The Morgan fingerprint density at radius 2 is 1.77 bits per heavy atom. The zero-order valence-corrected chi connectivity index (χ0v) is 17.0. The van der Waals surface area contributed by atoms with Crippen LogP contribution in [-0.2, 0) is 6.54 Å². The van der Waals surface area contributed by atoms with Crippen LogP contribution in [0.1, 0.15) is 34.3 Å². The summed E-state index contributed by atoms with van der Waals surface area (Å²) in [4.78, 5) is 12.4. The zero-order valence-electron chi connectivity index (χ0n) is 17.0. The fraction of sp³-hybridized carbons (Fsp3) is 0.200. The molecule has 1 aliphatic rings. The van der Waals surface area contributed by atoms with Gasteiger partial charge in [0.05, 0.1) is 29.6 Å². The highest BCUT2D eigenvalue weighted by atomic mass is 16.3. The number of hydrogen-bond acceptors (Lipinski definition) is 5. The lowest BCUT2D eigenvalue weighted by atomic mass is 9.80. The maximum Gasteiger partial charge on any atom is 0.272 e. The number of aromatic nitrogens is 2. The first-order valence-corrected chi connectivity index (χ1v) is 10.5. The molecule has 0 spiro atoms. The van der Waals surface area contributed by atoms with Crippen molar-refractivity contribution in [3.8, 4) is 0 Å². The number of aliphatic hydroxyl groups is 1. The molecule has 6 heteroatoms. The molecule has 0 saturated heterocycles. The highest BCUT2D eigenvalue weighted by Gasteiger charge is 2.34. The molecular formula is C25H24N4O2. The number of nitrogens with one attached hydrogen (secondary N) is 3. The molecule has 1 aliphatic heterocycles. The largest absolute Gasteiger partial charge is 0.395 e. The molecule has 156 valence electrons. The molecule has 5 rings (SSSR count). The minimum atomic E-state index is -0.176. The van der Waals surface area contributed by atoms with Crippen molar-refractivity contribution in [2.45, 2.75) is 18.5 Å². The van der Waals surface area contributed by atoms with Crippen molar-refractivity contribution in [2.24, 2.45) is 0 Å². The molecule has 31 heavy (non-hydrogen) atoms. The molecule has 3 aromatic carbocycles. The summed E-state index contributed by atoms with van der Waals surface area (Å²) in [6.07, 6.45) is 0. The lowest BCUT2D eigenvalue weighted by Gasteiger charge is -2.35. The fourth-order valence-corrected chi connectivity index (χ4v) is 4.49. The minimum Gasteiger partial charge on any atom is -0.395 e. The van der Waals surface area contributed by atoms with Gasteiger partial charge in [-0.25, -0.2) is 5.10 Å². The zero-order chi connectivity index (χ0) is 21.2. The second kappa shape index (κ2) is 8.34. The molecule has 1 aromatic heterocycles. The first-order valence-electron chi connectivity index (χ1n) is 10.5. The van der Waals surface area contributed by atoms with Gasteiger partial charge in [0.25, 0.3) is 5.56 Å². The van der Waals surface area contributed by atoms with E-state index in [2.05, 4.69) is 57.2 Å². The molecule has 0 radical (unpaired) electrons. The van der Waals surface area contributed by atoms with E-state index in [1.165, 1.54) is 0 Å². The van der Waals surface area contributed by atoms with Gasteiger partial charge in [-0.05, 0) is 28.8 Å². The van der Waals surface area contributed by atoms with Gasteiger partial charge in [0.1, 0.15) is 0 Å². The van der Waals surface area contributed by atoms with Crippen LogP contribution in [0.4, 0.5) is 5.69 Å². The van der Waals surface area contributed by atoms with Crippen molar-refractivity contribution in [1.82, 2.24) is 15.5 Å². The smallest absolute Gasteiger partial charge is 0.272 e. The van der Waals surface area contributed by atoms with Crippen molar-refractivity contribution in [3.05, 3.63) is 106 Å². The van der Waals surface area contributed by atoms with E-state index in [1.54, 1.807) is 0 Å². The van der Waals surface area contributed by atoms with Gasteiger partial charge in [0, 0.05) is 24.2 Å². The molecule has 2 unspecified atom stereocenters. The van der Waals surface area contributed by atoms with Crippen LogP contribution in [0.25, 0.3) is 10.8 Å². The number of nitrogens with zero attached hydrogens (tertiary/aromatic N) is 1. The van der Waals surface area contributed by atoms with Crippen molar-refractivity contribution >= 4 is 16.5 Å². The van der Waals surface area contributed by atoms with Crippen LogP contribution in [0.2, 0.25) is 0 Å². The van der Waals surface area contributed by atoms with E-state index in [0.29, 0.717) is 18.5 Å². The van der Waals surface area contributed by atoms with Gasteiger partial charge in [-0.3, -0.25) is 4.79 Å². The first kappa shape index (κ1) is 19.5. The Morgan fingerprint density at radius 3 is 2.61 bits per heavy atom. The summed E-state index contributed by atoms with van der Waals surface area (Å²) in [5.74, 6) is -0.0592. The number of benzene rings is 3. The normalized spacial score (nSPS) is 17.5. The van der Waals surface area contributed by atoms with Gasteiger partial charge in [0.15, 0.2) is 0 Å². The lowest BCUT2D eigenvalue weighted by molar-refractivity contribution is 0.292. The molecule has 4 aromatic rings. The Kier molecular flexibility index (Phi) is 5.24. The van der Waals surface area contributed by atoms with Crippen LogP contribution in [0.3, 0.4) is 0 Å². The number of H-pyrrole nitrogens is 1. The Hall–Kier alpha value is -3.48. The van der Waals surface area contributed by atoms with Crippen molar-refractivity contribution in [1.29, 1.82) is 0 Å². The number of rotatable bonds is 6. The summed E-state index contributed by atoms with van der Waals surface area (Å²) in [6.45, 7) is 1.37. The summed E-state index contributed by atoms with van der Waals surface area (Å²) in [5.41, 5.74) is 5.06. The van der Waals surface area contributed by atoms with Gasteiger partial charge < -0.3 is 15.7 Å². The average Bonchev–Trinajstić information content (AvgIpc) is 2.82. The predicted octanol–water partition coefficient (Wildman–Crippen LogP) is 3.30. The quantitative estimate of drug-likeness (QED) is 0.365. The number of aliphatic hydroxyl groups excluding tert-OH is 1. The molecule has 0 saturated carbocycles. The van der Waals surface area contributed by atoms with Crippen LogP contribution in [0, 0.1) is 0 Å². The van der Waals surface area contributed by atoms with Gasteiger partial charge in [-0.1, -0.05) is 60.7 Å². The Morgan fingerprint density at radius 1 is 0.968 bits per heavy atom. The van der Waals surface area contributed by atoms with Crippen molar-refractivity contribution in [3.63, 3.8) is 0 Å². The third-order valence-electron chi connectivity index (χ3n) is 5.87. The molecule has 0 aliphatic carbocycles. The maximum absolute atomic E-state index is 12.4. The summed E-state index contributed by atoms with van der Waals surface area (Å²) < 4.78 is 0. The monoisotopic (exact) mass is 412 g/mol. The third kappa shape index (κ3) is 3.60. The summed E-state index contributed by atoms with van der Waals surface area (Å²) in [6, 6.07) is 24.5. The minimum absolute atomic E-state index is 0.0447. The first-order chi connectivity index (χ1) is 15.3. The SMILES string of the molecule is O=c1[nH]nc2c3c(cccc13)NC(c1cccc(CNCCO)c1)C2c1ccccc1. The standard InChI is InChI=1S/C25H24N4O2/c30-13-12-26-15-16-6-4-9-18(14-16)23-21(17-7-2-1-3-8-17)24-22-19(25(31)29-28-24)10-5-11-20(22)27-23/h1-11,14,21,23,26-27,30H,12-13,15H2,(H,29,31). The van der Waals surface area contributed by atoms with E-state index < -0.39 is 0 Å². The second-order valence-corrected chi connectivity index (χ2v) is 7.82. The molecule has 0 bridgehead atoms. The van der Waals surface area contributed by atoms with E-state index in [1.807, 2.05) is 36.4 Å². The second-order valence-electron chi connectivity index (χ2n) is 7.82. The average molecular weight is 412 g/mol. The van der Waals surface area contributed by atoms with Crippen LogP contribution in [0.15, 0.2) is 77.6 Å². The molecule has 4 N–H and O–H groups in total. The molecular weight excluding hydrogens is 388 g/mol. The Labute approximate surface area is 180 Å². The van der Waals surface area contributed by atoms with E-state index in [-0.39, 0.29) is 24.1 Å². The van der Waals surface area contributed by atoms with Gasteiger partial charge in [-0.2, -0.15) is 5.10 Å². The van der Waals surface area contributed by atoms with Crippen molar-refractivity contribution < 1.29 is 5.11 Å². The molecule has 6 nitrogen and oxygen atoms in total. The Bertz CT molecular complexity index is 1270. The summed E-state index contributed by atoms with van der Waals surface area (Å²) in [5, 5.41) is 24.8. The van der Waals surface area contributed by atoms with Crippen LogP contribution < -0.4 is 16.2 Å². The van der Waals surface area contributed by atoms with E-state index in [0.717, 1.165) is 33.5 Å². The third-order valence-corrected chi connectivity index (χ3v) is 5.87.